The Hall–Kier alpha value is -1.89. The molecule has 7 heteroatoms. The fourth-order valence-corrected chi connectivity index (χ4v) is 4.93. The molecule has 5 nitrogen and oxygen atoms in total. The molecule has 2 aromatic carbocycles. The minimum absolute atomic E-state index is 0.0558. The van der Waals surface area contributed by atoms with E-state index in [9.17, 15) is 13.2 Å². The maximum atomic E-state index is 12.9. The molecule has 1 aliphatic heterocycles. The Morgan fingerprint density at radius 2 is 1.81 bits per heavy atom. The quantitative estimate of drug-likeness (QED) is 0.580. The van der Waals surface area contributed by atoms with Gasteiger partial charge in [0.1, 0.15) is 10.6 Å². The van der Waals surface area contributed by atoms with Crippen LogP contribution in [0.25, 0.3) is 0 Å². The lowest BCUT2D eigenvalue weighted by atomic mass is 10.2. The molecule has 2 aromatic rings. The topological polar surface area (TPSA) is 63.7 Å². The highest BCUT2D eigenvalue weighted by Gasteiger charge is 2.29. The first-order valence-corrected chi connectivity index (χ1v) is 10.3. The highest BCUT2D eigenvalue weighted by molar-refractivity contribution is 7.89. The van der Waals surface area contributed by atoms with E-state index in [4.69, 9.17) is 16.3 Å². The van der Waals surface area contributed by atoms with Gasteiger partial charge in [-0.05, 0) is 55.7 Å². The van der Waals surface area contributed by atoms with Crippen LogP contribution in [0.5, 0.6) is 5.75 Å². The van der Waals surface area contributed by atoms with Crippen molar-refractivity contribution in [3.8, 4) is 5.75 Å². The van der Waals surface area contributed by atoms with Crippen LogP contribution in [0.2, 0.25) is 5.02 Å². The van der Waals surface area contributed by atoms with E-state index in [1.54, 1.807) is 18.2 Å². The number of hydrogen-bond donors (Lipinski definition) is 0. The summed E-state index contributed by atoms with van der Waals surface area (Å²) in [5.74, 6) is -0.215. The summed E-state index contributed by atoms with van der Waals surface area (Å²) in [5.41, 5.74) is 1.10. The molecule has 0 amide bonds. The first kappa shape index (κ1) is 18.9. The second-order valence-electron chi connectivity index (χ2n) is 6.32. The SMILES string of the molecule is Cc1cccc(OC(=O)c2ccc(Cl)c(S(=O)(=O)N3CCCCC3)c2)c1. The maximum absolute atomic E-state index is 12.9. The van der Waals surface area contributed by atoms with Gasteiger partial charge in [-0.2, -0.15) is 4.31 Å². The van der Waals surface area contributed by atoms with Crippen LogP contribution in [0.3, 0.4) is 0 Å². The van der Waals surface area contributed by atoms with E-state index in [0.29, 0.717) is 18.8 Å². The number of carbonyl (C=O) groups is 1. The van der Waals surface area contributed by atoms with Crippen LogP contribution < -0.4 is 4.74 Å². The highest BCUT2D eigenvalue weighted by Crippen LogP contribution is 2.28. The Bertz CT molecular complexity index is 921. The number of hydrogen-bond acceptors (Lipinski definition) is 4. The third kappa shape index (κ3) is 4.09. The first-order chi connectivity index (χ1) is 12.4. The van der Waals surface area contributed by atoms with Crippen molar-refractivity contribution in [1.29, 1.82) is 0 Å². The van der Waals surface area contributed by atoms with Crippen LogP contribution in [0.1, 0.15) is 35.2 Å². The van der Waals surface area contributed by atoms with E-state index in [1.165, 1.54) is 22.5 Å². The van der Waals surface area contributed by atoms with Gasteiger partial charge in [-0.25, -0.2) is 13.2 Å². The van der Waals surface area contributed by atoms with Gasteiger partial charge in [-0.15, -0.1) is 0 Å². The Kier molecular flexibility index (Phi) is 5.65. The summed E-state index contributed by atoms with van der Waals surface area (Å²) in [5, 5.41) is 0.0997. The van der Waals surface area contributed by atoms with Gasteiger partial charge in [0.2, 0.25) is 10.0 Å². The number of nitrogens with zero attached hydrogens (tertiary/aromatic N) is 1. The standard InChI is InChI=1S/C19H20ClNO4S/c1-14-6-5-7-16(12-14)25-19(22)15-8-9-17(20)18(13-15)26(23,24)21-10-3-2-4-11-21/h5-9,12-13H,2-4,10-11H2,1H3. The third-order valence-electron chi connectivity index (χ3n) is 4.30. The molecule has 0 radical (unpaired) electrons. The molecule has 1 fully saturated rings. The monoisotopic (exact) mass is 393 g/mol. The summed E-state index contributed by atoms with van der Waals surface area (Å²) in [7, 11) is -3.73. The van der Waals surface area contributed by atoms with Crippen molar-refractivity contribution in [2.45, 2.75) is 31.1 Å². The molecule has 0 aromatic heterocycles. The summed E-state index contributed by atoms with van der Waals surface area (Å²) in [6.07, 6.45) is 2.67. The summed E-state index contributed by atoms with van der Waals surface area (Å²) < 4.78 is 32.5. The zero-order valence-corrected chi connectivity index (χ0v) is 16.0. The first-order valence-electron chi connectivity index (χ1n) is 8.46. The number of benzene rings is 2. The van der Waals surface area contributed by atoms with Crippen LogP contribution in [0.15, 0.2) is 47.4 Å². The van der Waals surface area contributed by atoms with Crippen molar-refractivity contribution >= 4 is 27.6 Å². The van der Waals surface area contributed by atoms with Gasteiger partial charge in [0, 0.05) is 13.1 Å². The molecule has 0 N–H and O–H groups in total. The predicted octanol–water partition coefficient (Wildman–Crippen LogP) is 4.04. The molecule has 0 spiro atoms. The summed E-state index contributed by atoms with van der Waals surface area (Å²) in [6.45, 7) is 2.83. The average Bonchev–Trinajstić information content (AvgIpc) is 2.62. The van der Waals surface area contributed by atoms with Gasteiger partial charge >= 0.3 is 5.97 Å². The highest BCUT2D eigenvalue weighted by atomic mass is 35.5. The fourth-order valence-electron chi connectivity index (χ4n) is 2.92. The average molecular weight is 394 g/mol. The van der Waals surface area contributed by atoms with Crippen LogP contribution in [0, 0.1) is 6.92 Å². The number of halogens is 1. The molecule has 1 saturated heterocycles. The lowest BCUT2D eigenvalue weighted by molar-refractivity contribution is 0.0734. The number of ether oxygens (including phenoxy) is 1. The molecular weight excluding hydrogens is 374 g/mol. The zero-order chi connectivity index (χ0) is 18.7. The minimum atomic E-state index is -3.73. The van der Waals surface area contributed by atoms with E-state index in [2.05, 4.69) is 0 Å². The molecule has 0 saturated carbocycles. The molecular formula is C19H20ClNO4S. The van der Waals surface area contributed by atoms with Gasteiger partial charge < -0.3 is 4.74 Å². The van der Waals surface area contributed by atoms with Gasteiger partial charge in [-0.3, -0.25) is 0 Å². The number of carbonyl (C=O) groups excluding carboxylic acids is 1. The predicted molar refractivity (Wildman–Crippen MR) is 100 cm³/mol. The fraction of sp³-hybridized carbons (Fsp3) is 0.316. The van der Waals surface area contributed by atoms with Gasteiger partial charge in [0.25, 0.3) is 0 Å². The van der Waals surface area contributed by atoms with Crippen molar-refractivity contribution in [2.24, 2.45) is 0 Å². The molecule has 1 heterocycles. The maximum Gasteiger partial charge on any atom is 0.343 e. The van der Waals surface area contributed by atoms with Crippen LogP contribution in [-0.2, 0) is 10.0 Å². The second-order valence-corrected chi connectivity index (χ2v) is 8.63. The van der Waals surface area contributed by atoms with E-state index in [0.717, 1.165) is 24.8 Å². The number of aryl methyl sites for hydroxylation is 1. The van der Waals surface area contributed by atoms with Crippen molar-refractivity contribution in [3.63, 3.8) is 0 Å². The number of esters is 1. The van der Waals surface area contributed by atoms with E-state index in [-0.39, 0.29) is 15.5 Å². The molecule has 26 heavy (non-hydrogen) atoms. The van der Waals surface area contributed by atoms with Crippen molar-refractivity contribution in [3.05, 3.63) is 58.6 Å². The van der Waals surface area contributed by atoms with Crippen molar-refractivity contribution in [2.75, 3.05) is 13.1 Å². The Morgan fingerprint density at radius 3 is 2.50 bits per heavy atom. The molecule has 3 rings (SSSR count). The van der Waals surface area contributed by atoms with Gasteiger partial charge in [0.05, 0.1) is 10.6 Å². The van der Waals surface area contributed by atoms with E-state index in [1.807, 2.05) is 13.0 Å². The molecule has 0 bridgehead atoms. The molecule has 0 atom stereocenters. The lowest BCUT2D eigenvalue weighted by Gasteiger charge is -2.26. The van der Waals surface area contributed by atoms with Crippen molar-refractivity contribution in [1.82, 2.24) is 4.31 Å². The number of sulfonamides is 1. The van der Waals surface area contributed by atoms with Gasteiger partial charge in [0.15, 0.2) is 0 Å². The molecule has 1 aliphatic rings. The Balaban J connectivity index is 1.88. The lowest BCUT2D eigenvalue weighted by Crippen LogP contribution is -2.35. The van der Waals surface area contributed by atoms with Crippen LogP contribution >= 0.6 is 11.6 Å². The molecule has 138 valence electrons. The van der Waals surface area contributed by atoms with E-state index >= 15 is 0 Å². The molecule has 0 unspecified atom stereocenters. The Labute approximate surface area is 158 Å². The van der Waals surface area contributed by atoms with Crippen molar-refractivity contribution < 1.29 is 17.9 Å². The zero-order valence-electron chi connectivity index (χ0n) is 14.4. The largest absolute Gasteiger partial charge is 0.423 e. The number of piperidine rings is 1. The Morgan fingerprint density at radius 1 is 1.08 bits per heavy atom. The molecule has 0 aliphatic carbocycles. The normalized spacial score (nSPS) is 15.6. The van der Waals surface area contributed by atoms with E-state index < -0.39 is 16.0 Å². The van der Waals surface area contributed by atoms with Crippen LogP contribution in [0.4, 0.5) is 0 Å². The summed E-state index contributed by atoms with van der Waals surface area (Å²) in [4.78, 5) is 12.4. The summed E-state index contributed by atoms with van der Waals surface area (Å²) in [6, 6.07) is 11.3. The third-order valence-corrected chi connectivity index (χ3v) is 6.68. The van der Waals surface area contributed by atoms with Crippen LogP contribution in [-0.4, -0.2) is 31.8 Å². The smallest absolute Gasteiger partial charge is 0.343 e. The van der Waals surface area contributed by atoms with Gasteiger partial charge in [-0.1, -0.05) is 30.2 Å². The minimum Gasteiger partial charge on any atom is -0.423 e. The second kappa shape index (κ2) is 7.78. The number of rotatable bonds is 4. The summed E-state index contributed by atoms with van der Waals surface area (Å²) >= 11 is 6.13.